The minimum absolute atomic E-state index is 0.0276. The molecular formula is C9H17NO3. The van der Waals surface area contributed by atoms with Crippen molar-refractivity contribution >= 4 is 6.16 Å². The minimum atomic E-state index is -0.560. The van der Waals surface area contributed by atoms with Crippen molar-refractivity contribution in [3.8, 4) is 0 Å². The lowest BCUT2D eigenvalue weighted by molar-refractivity contribution is -0.0337. The van der Waals surface area contributed by atoms with Gasteiger partial charge in [-0.2, -0.15) is 0 Å². The standard InChI is InChI=1S/C9H17NO3/c1-6(2)12-9(11)13-8-3-7(4-8)5-10/h6-8H,3-5,10H2,1-2H3. The Balaban J connectivity index is 2.09. The summed E-state index contributed by atoms with van der Waals surface area (Å²) in [5, 5.41) is 0. The molecule has 2 N–H and O–H groups in total. The molecule has 76 valence electrons. The van der Waals surface area contributed by atoms with E-state index in [0.717, 1.165) is 12.8 Å². The number of carbonyl (C=O) groups excluding carboxylic acids is 1. The molecule has 4 heteroatoms. The topological polar surface area (TPSA) is 61.5 Å². The maximum Gasteiger partial charge on any atom is 0.508 e. The van der Waals surface area contributed by atoms with Crippen molar-refractivity contribution in [2.45, 2.75) is 38.9 Å². The van der Waals surface area contributed by atoms with Crippen LogP contribution in [0.1, 0.15) is 26.7 Å². The van der Waals surface area contributed by atoms with E-state index in [-0.39, 0.29) is 12.2 Å². The Hall–Kier alpha value is -0.770. The summed E-state index contributed by atoms with van der Waals surface area (Å²) >= 11 is 0. The van der Waals surface area contributed by atoms with Gasteiger partial charge in [0.2, 0.25) is 0 Å². The number of ether oxygens (including phenoxy) is 2. The van der Waals surface area contributed by atoms with Gasteiger partial charge in [0.15, 0.2) is 0 Å². The largest absolute Gasteiger partial charge is 0.508 e. The van der Waals surface area contributed by atoms with Crippen LogP contribution >= 0.6 is 0 Å². The predicted octanol–water partition coefficient (Wildman–Crippen LogP) is 1.29. The van der Waals surface area contributed by atoms with Gasteiger partial charge in [-0.3, -0.25) is 0 Å². The molecule has 0 bridgehead atoms. The molecule has 13 heavy (non-hydrogen) atoms. The van der Waals surface area contributed by atoms with Crippen molar-refractivity contribution in [1.29, 1.82) is 0 Å². The van der Waals surface area contributed by atoms with Crippen LogP contribution < -0.4 is 5.73 Å². The SMILES string of the molecule is CC(C)OC(=O)OC1CC(CN)C1. The lowest BCUT2D eigenvalue weighted by Crippen LogP contribution is -2.37. The molecule has 0 atom stereocenters. The van der Waals surface area contributed by atoms with Crippen molar-refractivity contribution in [2.75, 3.05) is 6.54 Å². The van der Waals surface area contributed by atoms with Crippen LogP contribution in [-0.4, -0.2) is 24.9 Å². The second-order valence-corrected chi connectivity index (χ2v) is 3.73. The fourth-order valence-electron chi connectivity index (χ4n) is 1.32. The molecule has 1 fully saturated rings. The van der Waals surface area contributed by atoms with Crippen LogP contribution in [0.15, 0.2) is 0 Å². The first-order valence-electron chi connectivity index (χ1n) is 4.69. The molecule has 1 saturated carbocycles. The number of rotatable bonds is 3. The van der Waals surface area contributed by atoms with Crippen LogP contribution in [0.25, 0.3) is 0 Å². The van der Waals surface area contributed by atoms with Gasteiger partial charge in [0.25, 0.3) is 0 Å². The fourth-order valence-corrected chi connectivity index (χ4v) is 1.32. The zero-order chi connectivity index (χ0) is 9.84. The van der Waals surface area contributed by atoms with E-state index >= 15 is 0 Å². The zero-order valence-corrected chi connectivity index (χ0v) is 8.16. The van der Waals surface area contributed by atoms with Gasteiger partial charge in [0, 0.05) is 0 Å². The third-order valence-electron chi connectivity index (χ3n) is 2.12. The normalized spacial score (nSPS) is 26.8. The average molecular weight is 187 g/mol. The van der Waals surface area contributed by atoms with E-state index in [9.17, 15) is 4.79 Å². The zero-order valence-electron chi connectivity index (χ0n) is 8.16. The van der Waals surface area contributed by atoms with Gasteiger partial charge in [-0.25, -0.2) is 4.79 Å². The summed E-state index contributed by atoms with van der Waals surface area (Å²) in [5.74, 6) is 0.525. The maximum atomic E-state index is 11.0. The molecule has 1 rings (SSSR count). The summed E-state index contributed by atoms with van der Waals surface area (Å²) in [6.07, 6.45) is 1.11. The summed E-state index contributed by atoms with van der Waals surface area (Å²) in [6.45, 7) is 4.27. The average Bonchev–Trinajstić information content (AvgIpc) is 1.94. The highest BCUT2D eigenvalue weighted by Gasteiger charge is 2.31. The summed E-state index contributed by atoms with van der Waals surface area (Å²) in [4.78, 5) is 11.0. The lowest BCUT2D eigenvalue weighted by atomic mass is 9.82. The highest BCUT2D eigenvalue weighted by atomic mass is 16.7. The van der Waals surface area contributed by atoms with Crippen molar-refractivity contribution in [1.82, 2.24) is 0 Å². The molecule has 0 aromatic rings. The molecule has 0 saturated heterocycles. The summed E-state index contributed by atoms with van der Waals surface area (Å²) < 4.78 is 9.85. The first-order valence-corrected chi connectivity index (χ1v) is 4.69. The van der Waals surface area contributed by atoms with E-state index in [2.05, 4.69) is 0 Å². The second kappa shape index (κ2) is 4.46. The van der Waals surface area contributed by atoms with Gasteiger partial charge in [-0.1, -0.05) is 0 Å². The van der Waals surface area contributed by atoms with E-state index in [4.69, 9.17) is 15.2 Å². The van der Waals surface area contributed by atoms with Crippen LogP contribution in [0.2, 0.25) is 0 Å². The van der Waals surface area contributed by atoms with Crippen LogP contribution in [0.5, 0.6) is 0 Å². The highest BCUT2D eigenvalue weighted by molar-refractivity contribution is 5.60. The Morgan fingerprint density at radius 2 is 2.15 bits per heavy atom. The van der Waals surface area contributed by atoms with Gasteiger partial charge < -0.3 is 15.2 Å². The van der Waals surface area contributed by atoms with E-state index in [1.165, 1.54) is 0 Å². The quantitative estimate of drug-likeness (QED) is 0.676. The van der Waals surface area contributed by atoms with Crippen LogP contribution in [0.4, 0.5) is 4.79 Å². The third-order valence-corrected chi connectivity index (χ3v) is 2.12. The smallest absolute Gasteiger partial charge is 0.432 e. The van der Waals surface area contributed by atoms with Crippen molar-refractivity contribution in [2.24, 2.45) is 11.7 Å². The molecule has 0 aromatic carbocycles. The number of hydrogen-bond donors (Lipinski definition) is 1. The van der Waals surface area contributed by atoms with Crippen LogP contribution in [-0.2, 0) is 9.47 Å². The Morgan fingerprint density at radius 3 is 2.62 bits per heavy atom. The third kappa shape index (κ3) is 3.22. The van der Waals surface area contributed by atoms with Gasteiger partial charge in [0.05, 0.1) is 6.10 Å². The molecule has 0 heterocycles. The summed E-state index contributed by atoms with van der Waals surface area (Å²) in [6, 6.07) is 0. The molecule has 4 nitrogen and oxygen atoms in total. The predicted molar refractivity (Wildman–Crippen MR) is 48.3 cm³/mol. The number of nitrogens with two attached hydrogens (primary N) is 1. The maximum absolute atomic E-state index is 11.0. The van der Waals surface area contributed by atoms with E-state index in [0.29, 0.717) is 12.5 Å². The van der Waals surface area contributed by atoms with Crippen molar-refractivity contribution < 1.29 is 14.3 Å². The summed E-state index contributed by atoms with van der Waals surface area (Å²) in [7, 11) is 0. The Bertz CT molecular complexity index is 176. The van der Waals surface area contributed by atoms with Crippen LogP contribution in [0.3, 0.4) is 0 Å². The van der Waals surface area contributed by atoms with Gasteiger partial charge >= 0.3 is 6.16 Å². The van der Waals surface area contributed by atoms with Crippen molar-refractivity contribution in [3.05, 3.63) is 0 Å². The molecule has 0 unspecified atom stereocenters. The fraction of sp³-hybridized carbons (Fsp3) is 0.889. The van der Waals surface area contributed by atoms with Crippen molar-refractivity contribution in [3.63, 3.8) is 0 Å². The molecule has 0 radical (unpaired) electrons. The Kier molecular flexibility index (Phi) is 3.54. The van der Waals surface area contributed by atoms with E-state index in [1.54, 1.807) is 13.8 Å². The van der Waals surface area contributed by atoms with Gasteiger partial charge in [-0.05, 0) is 39.2 Å². The van der Waals surface area contributed by atoms with Gasteiger partial charge in [0.1, 0.15) is 6.10 Å². The first-order chi connectivity index (χ1) is 6.11. The molecule has 1 aliphatic rings. The number of hydrogen-bond acceptors (Lipinski definition) is 4. The lowest BCUT2D eigenvalue weighted by Gasteiger charge is -2.33. The second-order valence-electron chi connectivity index (χ2n) is 3.73. The number of carbonyl (C=O) groups is 1. The molecule has 0 aliphatic heterocycles. The van der Waals surface area contributed by atoms with E-state index in [1.807, 2.05) is 0 Å². The van der Waals surface area contributed by atoms with Crippen LogP contribution in [0, 0.1) is 5.92 Å². The van der Waals surface area contributed by atoms with E-state index < -0.39 is 6.16 Å². The molecule has 0 aromatic heterocycles. The summed E-state index contributed by atoms with van der Waals surface area (Å²) in [5.41, 5.74) is 5.44. The molecular weight excluding hydrogens is 170 g/mol. The monoisotopic (exact) mass is 187 g/mol. The molecule has 0 spiro atoms. The first kappa shape index (κ1) is 10.3. The highest BCUT2D eigenvalue weighted by Crippen LogP contribution is 2.29. The van der Waals surface area contributed by atoms with Gasteiger partial charge in [-0.15, -0.1) is 0 Å². The molecule has 0 amide bonds. The minimum Gasteiger partial charge on any atom is -0.432 e. The Labute approximate surface area is 78.4 Å². The molecule has 1 aliphatic carbocycles. The Morgan fingerprint density at radius 1 is 1.54 bits per heavy atom.